The predicted molar refractivity (Wildman–Crippen MR) is 355 cm³/mol. The summed E-state index contributed by atoms with van der Waals surface area (Å²) >= 11 is 0. The lowest BCUT2D eigenvalue weighted by atomic mass is 9.75. The van der Waals surface area contributed by atoms with Crippen molar-refractivity contribution in [2.75, 3.05) is 27.9 Å². The molecule has 6 rings (SSSR count). The number of carbonyl (C=O) groups excluding carboxylic acids is 4. The Kier molecular flexibility index (Phi) is 34.6. The fourth-order valence-corrected chi connectivity index (χ4v) is 13.3. The zero-order valence-corrected chi connectivity index (χ0v) is 57.9. The fourth-order valence-electron chi connectivity index (χ4n) is 13.3. The normalized spacial score (nSPS) is 23.7. The van der Waals surface area contributed by atoms with Crippen LogP contribution in [0.25, 0.3) is 0 Å². The van der Waals surface area contributed by atoms with Gasteiger partial charge in [-0.25, -0.2) is 4.79 Å². The van der Waals surface area contributed by atoms with Crippen molar-refractivity contribution in [3.05, 3.63) is 101 Å². The third kappa shape index (κ3) is 28.4. The van der Waals surface area contributed by atoms with Gasteiger partial charge < -0.3 is 33.2 Å². The van der Waals surface area contributed by atoms with Crippen molar-refractivity contribution in [1.82, 2.24) is 0 Å². The summed E-state index contributed by atoms with van der Waals surface area (Å²) in [7, 11) is 5.04. The number of hydrogen-bond acceptors (Lipinski definition) is 11. The third-order valence-electron chi connectivity index (χ3n) is 18.4. The second-order valence-electron chi connectivity index (χ2n) is 27.8. The van der Waals surface area contributed by atoms with Crippen molar-refractivity contribution >= 4 is 23.9 Å². The maximum absolute atomic E-state index is 12.7. The van der Waals surface area contributed by atoms with E-state index < -0.39 is 0 Å². The van der Waals surface area contributed by atoms with Gasteiger partial charge in [-0.3, -0.25) is 14.4 Å². The maximum atomic E-state index is 12.7. The van der Waals surface area contributed by atoms with Gasteiger partial charge in [-0.1, -0.05) is 159 Å². The highest BCUT2D eigenvalue weighted by Gasteiger charge is 2.37. The minimum Gasteiger partial charge on any atom is -0.497 e. The molecule has 0 radical (unpaired) electrons. The second-order valence-corrected chi connectivity index (χ2v) is 27.8. The van der Waals surface area contributed by atoms with E-state index in [1.807, 2.05) is 63.2 Å². The molecule has 0 spiro atoms. The lowest BCUT2D eigenvalue weighted by Crippen LogP contribution is -2.37. The first kappa shape index (κ1) is 75.9. The Morgan fingerprint density at radius 1 is 0.460 bits per heavy atom. The summed E-state index contributed by atoms with van der Waals surface area (Å²) in [6.07, 6.45) is 17.1. The summed E-state index contributed by atoms with van der Waals surface area (Å²) in [5.74, 6) is 8.41. The molecule has 0 heterocycles. The molecule has 0 bridgehead atoms. The summed E-state index contributed by atoms with van der Waals surface area (Å²) in [4.78, 5) is 47.9. The molecule has 3 aromatic rings. The van der Waals surface area contributed by atoms with E-state index in [2.05, 4.69) is 124 Å². The first-order valence-corrected chi connectivity index (χ1v) is 33.5. The van der Waals surface area contributed by atoms with E-state index in [9.17, 15) is 19.2 Å². The standard InChI is InChI=1S/2C24H38O3.C24H36O3.C4H8O2/c3*1-16(2)22-12-7-17(3)15-23(22)27-24(25)19(5)13-18(4)14-20-8-10-21(26-6)11-9-20;1-3-6-4(2)5/h2*8-11,16-19,22-23H,7,12-15H2,1-6H3;8-11,13,16-18,22-23H,7,12,14-15H2,1-6H3;3H2,1-2H3/b;;19-13+;/t17-,18-,19+,22+,23-;17-,18-,19-,22+,23-;17-,18-,22+,23-;/m111./s1. The van der Waals surface area contributed by atoms with Gasteiger partial charge in [0.05, 0.1) is 39.8 Å². The van der Waals surface area contributed by atoms with Gasteiger partial charge in [0.2, 0.25) is 0 Å². The zero-order chi connectivity index (χ0) is 64.9. The Hall–Kier alpha value is -5.32. The molecule has 11 nitrogen and oxygen atoms in total. The van der Waals surface area contributed by atoms with E-state index in [-0.39, 0.29) is 59.9 Å². The Morgan fingerprint density at radius 2 is 0.770 bits per heavy atom. The molecular weight excluding hydrogens is 1090 g/mol. The Balaban J connectivity index is 0.000000325. The molecule has 0 N–H and O–H groups in total. The van der Waals surface area contributed by atoms with E-state index in [0.29, 0.717) is 71.7 Å². The van der Waals surface area contributed by atoms with Gasteiger partial charge in [0.15, 0.2) is 0 Å². The molecule has 3 aromatic carbocycles. The number of rotatable bonds is 24. The van der Waals surface area contributed by atoms with Gasteiger partial charge in [-0.05, 0) is 209 Å². The lowest BCUT2D eigenvalue weighted by Gasteiger charge is -2.37. The van der Waals surface area contributed by atoms with Crippen LogP contribution in [0.2, 0.25) is 0 Å². The van der Waals surface area contributed by atoms with Crippen molar-refractivity contribution in [3.8, 4) is 17.2 Å². The van der Waals surface area contributed by atoms with Crippen LogP contribution in [0.4, 0.5) is 0 Å². The maximum Gasteiger partial charge on any atom is 0.333 e. The quantitative estimate of drug-likeness (QED) is 0.0482. The van der Waals surface area contributed by atoms with E-state index in [4.69, 9.17) is 28.4 Å². The predicted octanol–water partition coefficient (Wildman–Crippen LogP) is 18.2. The van der Waals surface area contributed by atoms with E-state index in [1.54, 1.807) is 28.3 Å². The molecule has 3 saturated carbocycles. The van der Waals surface area contributed by atoms with Gasteiger partial charge in [-0.15, -0.1) is 0 Å². The molecule has 11 heteroatoms. The average molecular weight is 1210 g/mol. The monoisotopic (exact) mass is 1210 g/mol. The number of esters is 4. The SMILES string of the molecule is CCOC(C)=O.COc1ccc(C[C@H](C)/C=C(\C)C(=O)O[C@@H]2C[C@H](C)CC[C@H]2C(C)C)cc1.COc1ccc(C[C@H](C)C[C@@H](C)C(=O)O[C@@H]2C[C@H](C)CC[C@H]2C(C)C)cc1.COc1ccc(C[C@H](C)C[C@H](C)C(=O)O[C@@H]2C[C@H](C)CC[C@H]2C(C)C)cc1. The molecule has 3 aliphatic rings. The lowest BCUT2D eigenvalue weighted by molar-refractivity contribution is -0.161. The number of ether oxygens (including phenoxy) is 7. The van der Waals surface area contributed by atoms with Crippen molar-refractivity contribution in [2.24, 2.45) is 82.9 Å². The molecule has 3 fully saturated rings. The van der Waals surface area contributed by atoms with E-state index >= 15 is 0 Å². The van der Waals surface area contributed by atoms with E-state index in [0.717, 1.165) is 80.6 Å². The summed E-state index contributed by atoms with van der Waals surface area (Å²) < 4.78 is 38.0. The number of methoxy groups -OCH3 is 3. The summed E-state index contributed by atoms with van der Waals surface area (Å²) in [6.45, 7) is 36.4. The Labute approximate surface area is 528 Å². The van der Waals surface area contributed by atoms with Crippen LogP contribution in [0.5, 0.6) is 17.2 Å². The molecule has 3 aliphatic carbocycles. The highest BCUT2D eigenvalue weighted by Crippen LogP contribution is 2.39. The average Bonchev–Trinajstić information content (AvgIpc) is 3.07. The fraction of sp³-hybridized carbons (Fsp3) is 0.684. The van der Waals surface area contributed by atoms with Crippen LogP contribution < -0.4 is 14.2 Å². The number of hydrogen-bond donors (Lipinski definition) is 0. The zero-order valence-electron chi connectivity index (χ0n) is 57.9. The largest absolute Gasteiger partial charge is 0.497 e. The molecule has 0 amide bonds. The van der Waals surface area contributed by atoms with Crippen LogP contribution in [0.1, 0.15) is 205 Å². The van der Waals surface area contributed by atoms with Crippen molar-refractivity contribution in [2.45, 2.75) is 226 Å². The van der Waals surface area contributed by atoms with Gasteiger partial charge in [0, 0.05) is 12.5 Å². The van der Waals surface area contributed by atoms with Crippen molar-refractivity contribution in [3.63, 3.8) is 0 Å². The molecule has 0 saturated heterocycles. The minimum atomic E-state index is -0.211. The highest BCUT2D eigenvalue weighted by molar-refractivity contribution is 5.88. The number of benzene rings is 3. The third-order valence-corrected chi connectivity index (χ3v) is 18.4. The van der Waals surface area contributed by atoms with Crippen molar-refractivity contribution in [1.29, 1.82) is 0 Å². The van der Waals surface area contributed by atoms with Gasteiger partial charge in [0.1, 0.15) is 35.6 Å². The first-order valence-electron chi connectivity index (χ1n) is 33.5. The smallest absolute Gasteiger partial charge is 0.333 e. The van der Waals surface area contributed by atoms with Crippen LogP contribution >= 0.6 is 0 Å². The summed E-state index contributed by atoms with van der Waals surface area (Å²) in [5.41, 5.74) is 4.52. The van der Waals surface area contributed by atoms with Crippen LogP contribution in [-0.2, 0) is 57.4 Å². The Bertz CT molecular complexity index is 2340. The molecule has 0 aliphatic heterocycles. The molecule has 0 unspecified atom stereocenters. The van der Waals surface area contributed by atoms with Gasteiger partial charge in [-0.2, -0.15) is 0 Å². The van der Waals surface area contributed by atoms with E-state index in [1.165, 1.54) is 55.7 Å². The molecule has 490 valence electrons. The van der Waals surface area contributed by atoms with Gasteiger partial charge in [0.25, 0.3) is 0 Å². The van der Waals surface area contributed by atoms with Crippen LogP contribution in [0.3, 0.4) is 0 Å². The highest BCUT2D eigenvalue weighted by atomic mass is 16.6. The molecule has 14 atom stereocenters. The second kappa shape index (κ2) is 39.6. The number of carbonyl (C=O) groups is 4. The molecule has 87 heavy (non-hydrogen) atoms. The molecular formula is C76H120O11. The number of allylic oxidation sites excluding steroid dienone is 1. The molecule has 0 aromatic heterocycles. The summed E-state index contributed by atoms with van der Waals surface area (Å²) in [6, 6.07) is 24.5. The van der Waals surface area contributed by atoms with Crippen LogP contribution in [0.15, 0.2) is 84.4 Å². The van der Waals surface area contributed by atoms with Crippen LogP contribution in [0, 0.1) is 82.9 Å². The van der Waals surface area contributed by atoms with Crippen molar-refractivity contribution < 1.29 is 52.3 Å². The summed E-state index contributed by atoms with van der Waals surface area (Å²) in [5, 5.41) is 0. The van der Waals surface area contributed by atoms with Crippen LogP contribution in [-0.4, -0.2) is 70.1 Å². The topological polar surface area (TPSA) is 133 Å². The van der Waals surface area contributed by atoms with Gasteiger partial charge >= 0.3 is 23.9 Å². The first-order chi connectivity index (χ1) is 41.2. The minimum absolute atomic E-state index is 0.0127. The Morgan fingerprint density at radius 3 is 1.05 bits per heavy atom.